The van der Waals surface area contributed by atoms with Crippen molar-refractivity contribution >= 4 is 65.2 Å². The molecule has 0 unspecified atom stereocenters. The molecule has 0 aliphatic rings. The molecule has 0 radical (unpaired) electrons. The van der Waals surface area contributed by atoms with Crippen LogP contribution >= 0.6 is 0 Å². The van der Waals surface area contributed by atoms with E-state index in [-0.39, 0.29) is 0 Å². The summed E-state index contributed by atoms with van der Waals surface area (Å²) in [6.45, 7) is 0. The SMILES string of the molecule is c1ccc(-c2ccc3ccc4nc(-c5nc6ccc7ccc(-c8ccccc8)c8ccc(n5)c6c78)nc5ccc2c3c45)cc1. The fraction of sp³-hybridized carbons (Fsp3) is 0. The van der Waals surface area contributed by atoms with Gasteiger partial charge in [0.25, 0.3) is 0 Å². The summed E-state index contributed by atoms with van der Waals surface area (Å²) in [4.78, 5) is 20.2. The van der Waals surface area contributed by atoms with Crippen LogP contribution in [-0.2, 0) is 0 Å². The van der Waals surface area contributed by atoms with Crippen LogP contribution in [0, 0.1) is 0 Å². The van der Waals surface area contributed by atoms with Gasteiger partial charge < -0.3 is 0 Å². The Morgan fingerprint density at radius 2 is 0.659 bits per heavy atom. The van der Waals surface area contributed by atoms with Crippen LogP contribution in [0.5, 0.6) is 0 Å². The van der Waals surface area contributed by atoms with E-state index in [0.29, 0.717) is 11.6 Å². The summed E-state index contributed by atoms with van der Waals surface area (Å²) in [6, 6.07) is 47.0. The summed E-state index contributed by atoms with van der Waals surface area (Å²) in [5.41, 5.74) is 8.41. The maximum atomic E-state index is 5.05. The average Bonchev–Trinajstić information content (AvgIpc) is 3.09. The zero-order chi connectivity index (χ0) is 28.8. The lowest BCUT2D eigenvalue weighted by Crippen LogP contribution is -2.00. The Balaban J connectivity index is 1.19. The third kappa shape index (κ3) is 3.28. The molecular formula is C40H22N4. The molecule has 202 valence electrons. The molecule has 0 amide bonds. The van der Waals surface area contributed by atoms with Crippen molar-refractivity contribution in [1.82, 2.24) is 19.9 Å². The van der Waals surface area contributed by atoms with Crippen LogP contribution in [0.4, 0.5) is 0 Å². The first-order chi connectivity index (χ1) is 21.8. The van der Waals surface area contributed by atoms with Crippen LogP contribution < -0.4 is 0 Å². The van der Waals surface area contributed by atoms with Crippen LogP contribution in [-0.4, -0.2) is 19.9 Å². The van der Waals surface area contributed by atoms with Crippen LogP contribution in [0.15, 0.2) is 133 Å². The summed E-state index contributed by atoms with van der Waals surface area (Å²) in [5.74, 6) is 1.07. The van der Waals surface area contributed by atoms with Crippen molar-refractivity contribution in [3.8, 4) is 33.9 Å². The van der Waals surface area contributed by atoms with Crippen LogP contribution in [0.2, 0.25) is 0 Å². The van der Waals surface area contributed by atoms with Gasteiger partial charge in [-0.25, -0.2) is 19.9 Å². The van der Waals surface area contributed by atoms with Crippen molar-refractivity contribution in [3.05, 3.63) is 133 Å². The summed E-state index contributed by atoms with van der Waals surface area (Å²) < 4.78 is 0. The molecule has 2 aromatic heterocycles. The molecule has 8 aromatic carbocycles. The summed E-state index contributed by atoms with van der Waals surface area (Å²) in [6.07, 6.45) is 0. The summed E-state index contributed by atoms with van der Waals surface area (Å²) >= 11 is 0. The number of benzene rings is 8. The maximum Gasteiger partial charge on any atom is 0.198 e. The van der Waals surface area contributed by atoms with Crippen LogP contribution in [0.1, 0.15) is 0 Å². The Hall–Kier alpha value is -6.00. The molecule has 4 heteroatoms. The third-order valence-electron chi connectivity index (χ3n) is 9.01. The highest BCUT2D eigenvalue weighted by molar-refractivity contribution is 6.25. The molecule has 0 saturated carbocycles. The van der Waals surface area contributed by atoms with E-state index in [1.807, 2.05) is 0 Å². The van der Waals surface area contributed by atoms with Gasteiger partial charge in [0.15, 0.2) is 11.6 Å². The van der Waals surface area contributed by atoms with E-state index in [4.69, 9.17) is 19.9 Å². The predicted molar refractivity (Wildman–Crippen MR) is 181 cm³/mol. The molecule has 0 fully saturated rings. The predicted octanol–water partition coefficient (Wildman–Crippen LogP) is 10.1. The topological polar surface area (TPSA) is 51.6 Å². The lowest BCUT2D eigenvalue weighted by atomic mass is 9.92. The van der Waals surface area contributed by atoms with Crippen molar-refractivity contribution in [1.29, 1.82) is 0 Å². The first-order valence-corrected chi connectivity index (χ1v) is 14.8. The molecule has 0 aliphatic heterocycles. The van der Waals surface area contributed by atoms with Gasteiger partial charge in [0.2, 0.25) is 0 Å². The number of hydrogen-bond donors (Lipinski definition) is 0. The quantitative estimate of drug-likeness (QED) is 0.203. The molecule has 10 aromatic rings. The minimum Gasteiger partial charge on any atom is -0.225 e. The Morgan fingerprint density at radius 3 is 1.07 bits per heavy atom. The lowest BCUT2D eigenvalue weighted by molar-refractivity contribution is 1.16. The second-order valence-electron chi connectivity index (χ2n) is 11.4. The van der Waals surface area contributed by atoms with Gasteiger partial charge in [-0.3, -0.25) is 0 Å². The monoisotopic (exact) mass is 558 g/mol. The van der Waals surface area contributed by atoms with Crippen molar-refractivity contribution in [2.75, 3.05) is 0 Å². The highest BCUT2D eigenvalue weighted by atomic mass is 15.0. The van der Waals surface area contributed by atoms with Crippen LogP contribution in [0.3, 0.4) is 0 Å². The largest absolute Gasteiger partial charge is 0.225 e. The van der Waals surface area contributed by atoms with Gasteiger partial charge in [0.1, 0.15) is 0 Å². The fourth-order valence-corrected chi connectivity index (χ4v) is 7.04. The second kappa shape index (κ2) is 8.76. The van der Waals surface area contributed by atoms with E-state index in [0.717, 1.165) is 32.8 Å². The molecule has 0 bridgehead atoms. The van der Waals surface area contributed by atoms with Gasteiger partial charge in [-0.15, -0.1) is 0 Å². The molecule has 0 atom stereocenters. The number of nitrogens with zero attached hydrogens (tertiary/aromatic N) is 4. The van der Waals surface area contributed by atoms with Gasteiger partial charge in [-0.2, -0.15) is 0 Å². The minimum atomic E-state index is 0.537. The highest BCUT2D eigenvalue weighted by Gasteiger charge is 2.19. The van der Waals surface area contributed by atoms with E-state index in [2.05, 4.69) is 133 Å². The Kier molecular flexibility index (Phi) is 4.69. The van der Waals surface area contributed by atoms with Crippen LogP contribution in [0.25, 0.3) is 99.1 Å². The molecule has 0 aliphatic carbocycles. The Bertz CT molecular complexity index is 2470. The second-order valence-corrected chi connectivity index (χ2v) is 11.4. The molecule has 0 N–H and O–H groups in total. The fourth-order valence-electron chi connectivity index (χ4n) is 7.04. The molecule has 0 saturated heterocycles. The van der Waals surface area contributed by atoms with Gasteiger partial charge in [-0.1, -0.05) is 109 Å². The Morgan fingerprint density at radius 1 is 0.295 bits per heavy atom. The van der Waals surface area contributed by atoms with Gasteiger partial charge in [0, 0.05) is 21.5 Å². The van der Waals surface area contributed by atoms with E-state index in [9.17, 15) is 0 Å². The van der Waals surface area contributed by atoms with E-state index in [1.54, 1.807) is 0 Å². The van der Waals surface area contributed by atoms with Crippen molar-refractivity contribution in [3.63, 3.8) is 0 Å². The van der Waals surface area contributed by atoms with Crippen molar-refractivity contribution in [2.24, 2.45) is 0 Å². The van der Waals surface area contributed by atoms with E-state index < -0.39 is 0 Å². The van der Waals surface area contributed by atoms with Gasteiger partial charge >= 0.3 is 0 Å². The molecule has 0 spiro atoms. The zero-order valence-corrected chi connectivity index (χ0v) is 23.5. The van der Waals surface area contributed by atoms with Gasteiger partial charge in [-0.05, 0) is 68.1 Å². The van der Waals surface area contributed by atoms with Gasteiger partial charge in [0.05, 0.1) is 22.1 Å². The highest BCUT2D eigenvalue weighted by Crippen LogP contribution is 2.41. The smallest absolute Gasteiger partial charge is 0.198 e. The lowest BCUT2D eigenvalue weighted by Gasteiger charge is -2.15. The third-order valence-corrected chi connectivity index (χ3v) is 9.01. The van der Waals surface area contributed by atoms with E-state index >= 15 is 0 Å². The standard InChI is InChI=1S/C40H22N4/c1-3-7-23(8-4-1)27-15-11-25-13-19-31-37-33(21-17-29(27)35(25)37)43-39(41-31)40-42-32-20-14-26-12-16-28(24-9-5-2-6-10-24)30-18-22-34(44-40)38(32)36(26)30/h1-22H. The van der Waals surface area contributed by atoms with Crippen molar-refractivity contribution < 1.29 is 0 Å². The normalized spacial score (nSPS) is 12.1. The first kappa shape index (κ1) is 23.6. The molecule has 44 heavy (non-hydrogen) atoms. The van der Waals surface area contributed by atoms with Crippen molar-refractivity contribution in [2.45, 2.75) is 0 Å². The summed E-state index contributed by atoms with van der Waals surface area (Å²) in [5, 5.41) is 9.32. The average molecular weight is 559 g/mol. The summed E-state index contributed by atoms with van der Waals surface area (Å²) in [7, 11) is 0. The first-order valence-electron chi connectivity index (χ1n) is 14.8. The number of aromatic nitrogens is 4. The number of rotatable bonds is 3. The molecule has 2 heterocycles. The maximum absolute atomic E-state index is 5.05. The molecule has 4 nitrogen and oxygen atoms in total. The Labute approximate surface area is 252 Å². The minimum absolute atomic E-state index is 0.537. The molecule has 10 rings (SSSR count). The number of hydrogen-bond acceptors (Lipinski definition) is 4. The zero-order valence-electron chi connectivity index (χ0n) is 23.5. The molecular weight excluding hydrogens is 536 g/mol. The van der Waals surface area contributed by atoms with E-state index in [1.165, 1.54) is 54.6 Å².